The molecule has 0 spiro atoms. The van der Waals surface area contributed by atoms with Gasteiger partial charge in [0.1, 0.15) is 0 Å². The van der Waals surface area contributed by atoms with Crippen molar-refractivity contribution in [3.63, 3.8) is 0 Å². The molecule has 30 heavy (non-hydrogen) atoms. The first kappa shape index (κ1) is 20.8. The van der Waals surface area contributed by atoms with Crippen LogP contribution in [0.3, 0.4) is 0 Å². The van der Waals surface area contributed by atoms with E-state index in [1.165, 1.54) is 24.4 Å². The number of H-pyrrole nitrogens is 1. The monoisotopic (exact) mass is 448 g/mol. The van der Waals surface area contributed by atoms with Crippen molar-refractivity contribution < 1.29 is 14.0 Å². The van der Waals surface area contributed by atoms with Gasteiger partial charge in [-0.2, -0.15) is 5.10 Å². The summed E-state index contributed by atoms with van der Waals surface area (Å²) in [5, 5.41) is 7.47. The molecular weight excluding hydrogens is 430 g/mol. The Hall–Kier alpha value is -2.48. The van der Waals surface area contributed by atoms with Crippen LogP contribution in [0.4, 0.5) is 4.39 Å². The van der Waals surface area contributed by atoms with Crippen LogP contribution in [0.25, 0.3) is 0 Å². The number of piperidine rings is 1. The van der Waals surface area contributed by atoms with Gasteiger partial charge in [-0.3, -0.25) is 14.3 Å². The Morgan fingerprint density at radius 1 is 1.20 bits per heavy atom. The summed E-state index contributed by atoms with van der Waals surface area (Å²) in [5.41, 5.74) is 0.869. The Balaban J connectivity index is 1.48. The molecule has 1 aliphatic rings. The molecule has 3 heterocycles. The van der Waals surface area contributed by atoms with Gasteiger partial charge in [0.25, 0.3) is 0 Å². The van der Waals surface area contributed by atoms with Crippen LogP contribution in [0.1, 0.15) is 50.9 Å². The molecule has 1 aromatic carbocycles. The quantitative estimate of drug-likeness (QED) is 0.436. The van der Waals surface area contributed by atoms with Crippen LogP contribution in [0, 0.1) is 5.82 Å². The molecular formula is C21H19Cl2FN4O2. The average Bonchev–Trinajstić information content (AvgIpc) is 3.42. The van der Waals surface area contributed by atoms with E-state index in [0.717, 1.165) is 31.5 Å². The number of nitrogens with one attached hydrogen (secondary N) is 2. The van der Waals surface area contributed by atoms with Crippen LogP contribution < -0.4 is 5.32 Å². The van der Waals surface area contributed by atoms with Crippen LogP contribution in [-0.4, -0.2) is 39.4 Å². The van der Waals surface area contributed by atoms with Gasteiger partial charge in [-0.1, -0.05) is 23.2 Å². The van der Waals surface area contributed by atoms with Crippen molar-refractivity contribution in [2.75, 3.05) is 13.1 Å². The Bertz CT molecular complexity index is 1100. The standard InChI is InChI=1S/C21H19Cl2FN4O2/c22-15-1-2-16(23)20(24)19(15)21(30)13-8-17(26-10-13)18(29)7-12-9-27-28(11-12)14-3-5-25-6-4-14/h1-2,8-11,14,25-26H,3-7H2. The van der Waals surface area contributed by atoms with Crippen molar-refractivity contribution >= 4 is 34.8 Å². The summed E-state index contributed by atoms with van der Waals surface area (Å²) in [6.07, 6.45) is 7.09. The predicted molar refractivity (Wildman–Crippen MR) is 112 cm³/mol. The zero-order chi connectivity index (χ0) is 21.3. The molecule has 0 unspecified atom stereocenters. The Labute approximate surface area is 182 Å². The van der Waals surface area contributed by atoms with Gasteiger partial charge in [0, 0.05) is 24.4 Å². The molecule has 0 atom stereocenters. The number of rotatable bonds is 6. The molecule has 156 valence electrons. The lowest BCUT2D eigenvalue weighted by atomic mass is 10.0. The molecule has 1 saturated heterocycles. The summed E-state index contributed by atoms with van der Waals surface area (Å²) >= 11 is 11.7. The molecule has 0 amide bonds. The highest BCUT2D eigenvalue weighted by Crippen LogP contribution is 2.28. The van der Waals surface area contributed by atoms with E-state index in [1.54, 1.807) is 6.20 Å². The fourth-order valence-electron chi connectivity index (χ4n) is 3.59. The number of hydrogen-bond donors (Lipinski definition) is 2. The minimum atomic E-state index is -0.881. The lowest BCUT2D eigenvalue weighted by Gasteiger charge is -2.22. The number of aromatic nitrogens is 3. The van der Waals surface area contributed by atoms with E-state index >= 15 is 0 Å². The van der Waals surface area contributed by atoms with Gasteiger partial charge in [-0.05, 0) is 49.7 Å². The van der Waals surface area contributed by atoms with Gasteiger partial charge in [-0.15, -0.1) is 0 Å². The number of hydrogen-bond acceptors (Lipinski definition) is 4. The second kappa shape index (κ2) is 8.71. The van der Waals surface area contributed by atoms with Crippen molar-refractivity contribution in [1.29, 1.82) is 0 Å². The molecule has 0 saturated carbocycles. The summed E-state index contributed by atoms with van der Waals surface area (Å²) < 4.78 is 16.2. The smallest absolute Gasteiger partial charge is 0.199 e. The Kier molecular flexibility index (Phi) is 6.04. The van der Waals surface area contributed by atoms with Gasteiger partial charge in [0.05, 0.1) is 33.5 Å². The fraction of sp³-hybridized carbons (Fsp3) is 0.286. The van der Waals surface area contributed by atoms with Crippen LogP contribution in [0.15, 0.2) is 36.8 Å². The first-order chi connectivity index (χ1) is 14.4. The Morgan fingerprint density at radius 2 is 1.93 bits per heavy atom. The SMILES string of the molecule is O=C(Cc1cnn(C2CCNCC2)c1)c1cc(C(=O)c2c(Cl)ccc(Cl)c2F)c[nH]1. The molecule has 1 fully saturated rings. The van der Waals surface area contributed by atoms with Gasteiger partial charge < -0.3 is 10.3 Å². The number of carbonyl (C=O) groups excluding carboxylic acids is 2. The van der Waals surface area contributed by atoms with E-state index in [9.17, 15) is 14.0 Å². The lowest BCUT2D eigenvalue weighted by Crippen LogP contribution is -2.29. The zero-order valence-electron chi connectivity index (χ0n) is 15.9. The zero-order valence-corrected chi connectivity index (χ0v) is 17.4. The van der Waals surface area contributed by atoms with E-state index in [1.807, 2.05) is 10.9 Å². The summed E-state index contributed by atoms with van der Waals surface area (Å²) in [6, 6.07) is 4.38. The minimum Gasteiger partial charge on any atom is -0.358 e. The second-order valence-corrected chi connectivity index (χ2v) is 8.07. The largest absolute Gasteiger partial charge is 0.358 e. The van der Waals surface area contributed by atoms with E-state index in [4.69, 9.17) is 23.2 Å². The average molecular weight is 449 g/mol. The highest BCUT2D eigenvalue weighted by atomic mass is 35.5. The number of aromatic amines is 1. The van der Waals surface area contributed by atoms with Crippen LogP contribution >= 0.6 is 23.2 Å². The van der Waals surface area contributed by atoms with Crippen molar-refractivity contribution in [2.24, 2.45) is 0 Å². The molecule has 0 radical (unpaired) electrons. The van der Waals surface area contributed by atoms with Crippen LogP contribution in [0.2, 0.25) is 10.0 Å². The van der Waals surface area contributed by atoms with Gasteiger partial charge in [-0.25, -0.2) is 4.39 Å². The van der Waals surface area contributed by atoms with Gasteiger partial charge >= 0.3 is 0 Å². The topological polar surface area (TPSA) is 79.8 Å². The fourth-order valence-corrected chi connectivity index (χ4v) is 3.98. The third kappa shape index (κ3) is 4.19. The maximum Gasteiger partial charge on any atom is 0.199 e. The van der Waals surface area contributed by atoms with Crippen molar-refractivity contribution in [1.82, 2.24) is 20.1 Å². The van der Waals surface area contributed by atoms with Gasteiger partial charge in [0.2, 0.25) is 0 Å². The van der Waals surface area contributed by atoms with Crippen LogP contribution in [0.5, 0.6) is 0 Å². The highest BCUT2D eigenvalue weighted by Gasteiger charge is 2.23. The van der Waals surface area contributed by atoms with Crippen molar-refractivity contribution in [3.05, 3.63) is 75.0 Å². The number of carbonyl (C=O) groups is 2. The molecule has 0 bridgehead atoms. The summed E-state index contributed by atoms with van der Waals surface area (Å²) in [5.74, 6) is -1.72. The number of ketones is 2. The number of nitrogens with zero attached hydrogens (tertiary/aromatic N) is 2. The molecule has 2 N–H and O–H groups in total. The molecule has 2 aromatic heterocycles. The maximum absolute atomic E-state index is 14.3. The molecule has 6 nitrogen and oxygen atoms in total. The van der Waals surface area contributed by atoms with E-state index in [-0.39, 0.29) is 39.1 Å². The molecule has 9 heteroatoms. The second-order valence-electron chi connectivity index (χ2n) is 7.26. The maximum atomic E-state index is 14.3. The lowest BCUT2D eigenvalue weighted by molar-refractivity contribution is 0.0988. The first-order valence-electron chi connectivity index (χ1n) is 9.57. The summed E-state index contributed by atoms with van der Waals surface area (Å²) in [7, 11) is 0. The minimum absolute atomic E-state index is 0.0405. The van der Waals surface area contributed by atoms with Crippen molar-refractivity contribution in [2.45, 2.75) is 25.3 Å². The van der Waals surface area contributed by atoms with E-state index in [0.29, 0.717) is 6.04 Å². The van der Waals surface area contributed by atoms with E-state index in [2.05, 4.69) is 15.4 Å². The van der Waals surface area contributed by atoms with Crippen LogP contribution in [-0.2, 0) is 6.42 Å². The summed E-state index contributed by atoms with van der Waals surface area (Å²) in [4.78, 5) is 28.1. The summed E-state index contributed by atoms with van der Waals surface area (Å²) in [6.45, 7) is 1.91. The van der Waals surface area contributed by atoms with Gasteiger partial charge in [0.15, 0.2) is 17.4 Å². The molecule has 4 rings (SSSR count). The van der Waals surface area contributed by atoms with Crippen molar-refractivity contribution in [3.8, 4) is 0 Å². The van der Waals surface area contributed by atoms with E-state index < -0.39 is 11.6 Å². The highest BCUT2D eigenvalue weighted by molar-refractivity contribution is 6.37. The molecule has 3 aromatic rings. The number of halogens is 3. The first-order valence-corrected chi connectivity index (χ1v) is 10.3. The molecule has 1 aliphatic heterocycles. The third-order valence-electron chi connectivity index (χ3n) is 5.22. The Morgan fingerprint density at radius 3 is 2.70 bits per heavy atom. The predicted octanol–water partition coefficient (Wildman–Crippen LogP) is 4.24. The normalized spacial score (nSPS) is 14.8. The number of benzene rings is 1. The number of Topliss-reactive ketones (excluding diaryl/α,β-unsaturated/α-hetero) is 1. The third-order valence-corrected chi connectivity index (χ3v) is 5.83. The molecule has 0 aliphatic carbocycles.